The molecule has 31 heavy (non-hydrogen) atoms. The van der Waals surface area contributed by atoms with Crippen LogP contribution in [-0.2, 0) is 19.6 Å². The van der Waals surface area contributed by atoms with Gasteiger partial charge in [0.25, 0.3) is 11.5 Å². The number of carbonyl (C=O) groups excluding carboxylic acids is 1. The van der Waals surface area contributed by atoms with Crippen molar-refractivity contribution in [2.24, 2.45) is 0 Å². The Labute approximate surface area is 182 Å². The zero-order chi connectivity index (χ0) is 21.6. The van der Waals surface area contributed by atoms with Crippen LogP contribution in [0.25, 0.3) is 11.1 Å². The summed E-state index contributed by atoms with van der Waals surface area (Å²) >= 11 is 0. The van der Waals surface area contributed by atoms with Crippen LogP contribution in [0.3, 0.4) is 0 Å². The zero-order valence-electron chi connectivity index (χ0n) is 17.9. The largest absolute Gasteiger partial charge is 0.347 e. The van der Waals surface area contributed by atoms with E-state index in [9.17, 15) is 9.59 Å². The molecule has 1 amide bonds. The summed E-state index contributed by atoms with van der Waals surface area (Å²) in [5.74, 6) is -0.294. The van der Waals surface area contributed by atoms with Crippen LogP contribution in [0.1, 0.15) is 41.4 Å². The minimum atomic E-state index is -0.294. The summed E-state index contributed by atoms with van der Waals surface area (Å²) in [6.07, 6.45) is 2.60. The zero-order valence-corrected chi connectivity index (χ0v) is 17.9. The summed E-state index contributed by atoms with van der Waals surface area (Å²) in [4.78, 5) is 26.7. The number of rotatable bonds is 7. The second-order valence-corrected chi connectivity index (χ2v) is 7.89. The molecule has 6 heteroatoms. The summed E-state index contributed by atoms with van der Waals surface area (Å²) in [5.41, 5.74) is 4.62. The van der Waals surface area contributed by atoms with Crippen LogP contribution < -0.4 is 10.9 Å². The second kappa shape index (κ2) is 9.71. The van der Waals surface area contributed by atoms with Gasteiger partial charge in [-0.3, -0.25) is 14.5 Å². The van der Waals surface area contributed by atoms with Crippen molar-refractivity contribution in [1.82, 2.24) is 20.0 Å². The number of benzene rings is 2. The Kier molecular flexibility index (Phi) is 6.57. The molecule has 0 spiro atoms. The van der Waals surface area contributed by atoms with E-state index >= 15 is 0 Å². The minimum absolute atomic E-state index is 0.211. The quantitative estimate of drug-likeness (QED) is 0.641. The number of aromatic nitrogens is 2. The lowest BCUT2D eigenvalue weighted by Gasteiger charge is -2.15. The molecule has 2 aromatic carbocycles. The summed E-state index contributed by atoms with van der Waals surface area (Å²) in [6, 6.07) is 19.6. The molecular formula is C25H28N4O2. The van der Waals surface area contributed by atoms with Crippen molar-refractivity contribution in [3.63, 3.8) is 0 Å². The maximum absolute atomic E-state index is 12.6. The first-order chi connectivity index (χ1) is 15.1. The molecule has 160 valence electrons. The highest BCUT2D eigenvalue weighted by Gasteiger charge is 2.13. The Morgan fingerprint density at radius 3 is 2.48 bits per heavy atom. The molecule has 1 N–H and O–H groups in total. The molecule has 0 bridgehead atoms. The number of nitrogens with zero attached hydrogens (tertiary/aromatic N) is 3. The van der Waals surface area contributed by atoms with Gasteiger partial charge in [0, 0.05) is 25.7 Å². The highest BCUT2D eigenvalue weighted by molar-refractivity contribution is 5.92. The third-order valence-corrected chi connectivity index (χ3v) is 5.73. The molecule has 2 heterocycles. The van der Waals surface area contributed by atoms with Gasteiger partial charge in [0.1, 0.15) is 5.69 Å². The number of hydrogen-bond acceptors (Lipinski definition) is 4. The van der Waals surface area contributed by atoms with Gasteiger partial charge in [0.15, 0.2) is 0 Å². The monoisotopic (exact) mass is 416 g/mol. The van der Waals surface area contributed by atoms with Crippen molar-refractivity contribution >= 4 is 5.91 Å². The van der Waals surface area contributed by atoms with E-state index < -0.39 is 0 Å². The van der Waals surface area contributed by atoms with Gasteiger partial charge in [-0.05, 0) is 61.2 Å². The molecule has 1 aliphatic rings. The van der Waals surface area contributed by atoms with Crippen LogP contribution in [0.2, 0.25) is 0 Å². The second-order valence-electron chi connectivity index (χ2n) is 7.89. The Morgan fingerprint density at radius 2 is 1.74 bits per heavy atom. The Bertz CT molecular complexity index is 1100. The molecular weight excluding hydrogens is 388 g/mol. The summed E-state index contributed by atoms with van der Waals surface area (Å²) in [6.45, 7) is 6.02. The highest BCUT2D eigenvalue weighted by Crippen LogP contribution is 2.25. The SMILES string of the molecule is CCn1nc(C(=O)NCc2ccccc2-c2ccc(CN3CCCC3)cc2)ccc1=O. The van der Waals surface area contributed by atoms with Crippen LogP contribution in [0.4, 0.5) is 0 Å². The first-order valence-corrected chi connectivity index (χ1v) is 10.9. The third-order valence-electron chi connectivity index (χ3n) is 5.73. The molecule has 0 aliphatic carbocycles. The third kappa shape index (κ3) is 5.09. The topological polar surface area (TPSA) is 67.2 Å². The Balaban J connectivity index is 1.46. The minimum Gasteiger partial charge on any atom is -0.347 e. The van der Waals surface area contributed by atoms with Crippen LogP contribution in [0.15, 0.2) is 65.5 Å². The number of likely N-dealkylation sites (tertiary alicyclic amines) is 1. The maximum atomic E-state index is 12.6. The molecule has 0 unspecified atom stereocenters. The van der Waals surface area contributed by atoms with E-state index in [1.54, 1.807) is 0 Å². The first kappa shape index (κ1) is 21.0. The molecule has 4 rings (SSSR count). The molecule has 1 saturated heterocycles. The van der Waals surface area contributed by atoms with Crippen molar-refractivity contribution in [3.8, 4) is 11.1 Å². The van der Waals surface area contributed by atoms with E-state index in [0.29, 0.717) is 13.1 Å². The average molecular weight is 417 g/mol. The number of carbonyl (C=O) groups is 1. The summed E-state index contributed by atoms with van der Waals surface area (Å²) in [7, 11) is 0. The fourth-order valence-electron chi connectivity index (χ4n) is 4.01. The number of nitrogens with one attached hydrogen (secondary N) is 1. The van der Waals surface area contributed by atoms with Gasteiger partial charge in [-0.15, -0.1) is 0 Å². The van der Waals surface area contributed by atoms with Gasteiger partial charge >= 0.3 is 0 Å². The van der Waals surface area contributed by atoms with E-state index in [2.05, 4.69) is 45.6 Å². The standard InChI is InChI=1S/C25H28N4O2/c1-2-29-24(30)14-13-23(27-29)25(31)26-17-21-7-3-4-8-22(21)20-11-9-19(10-12-20)18-28-15-5-6-16-28/h3-4,7-14H,2,5-6,15-18H2,1H3,(H,26,31). The van der Waals surface area contributed by atoms with Gasteiger partial charge in [0.2, 0.25) is 0 Å². The lowest BCUT2D eigenvalue weighted by Crippen LogP contribution is -2.29. The molecule has 0 atom stereocenters. The number of amides is 1. The summed E-state index contributed by atoms with van der Waals surface area (Å²) in [5, 5.41) is 7.06. The summed E-state index contributed by atoms with van der Waals surface area (Å²) < 4.78 is 1.28. The normalized spacial score (nSPS) is 14.0. The van der Waals surface area contributed by atoms with Gasteiger partial charge in [-0.25, -0.2) is 4.68 Å². The molecule has 1 aromatic heterocycles. The molecule has 1 aliphatic heterocycles. The van der Waals surface area contributed by atoms with E-state index in [0.717, 1.165) is 23.2 Å². The smallest absolute Gasteiger partial charge is 0.271 e. The van der Waals surface area contributed by atoms with Gasteiger partial charge in [0.05, 0.1) is 0 Å². The van der Waals surface area contributed by atoms with Crippen molar-refractivity contribution in [3.05, 3.63) is 87.8 Å². The average Bonchev–Trinajstić information content (AvgIpc) is 3.31. The predicted octanol–water partition coefficient (Wildman–Crippen LogP) is 3.46. The van der Waals surface area contributed by atoms with Gasteiger partial charge < -0.3 is 5.32 Å². The van der Waals surface area contributed by atoms with Crippen molar-refractivity contribution < 1.29 is 4.79 Å². The van der Waals surface area contributed by atoms with Crippen LogP contribution in [0, 0.1) is 0 Å². The van der Waals surface area contributed by atoms with E-state index in [-0.39, 0.29) is 17.2 Å². The highest BCUT2D eigenvalue weighted by atomic mass is 16.2. The predicted molar refractivity (Wildman–Crippen MR) is 122 cm³/mol. The van der Waals surface area contributed by atoms with Crippen molar-refractivity contribution in [2.75, 3.05) is 13.1 Å². The Morgan fingerprint density at radius 1 is 1.00 bits per heavy atom. The molecule has 6 nitrogen and oxygen atoms in total. The van der Waals surface area contributed by atoms with Crippen molar-refractivity contribution in [2.45, 2.75) is 39.4 Å². The lowest BCUT2D eigenvalue weighted by atomic mass is 9.98. The van der Waals surface area contributed by atoms with Gasteiger partial charge in [-0.2, -0.15) is 5.10 Å². The molecule has 1 fully saturated rings. The van der Waals surface area contributed by atoms with E-state index in [1.165, 1.54) is 48.3 Å². The van der Waals surface area contributed by atoms with Gasteiger partial charge in [-0.1, -0.05) is 48.5 Å². The fraction of sp³-hybridized carbons (Fsp3) is 0.320. The Hall–Kier alpha value is -3.25. The van der Waals surface area contributed by atoms with E-state index in [4.69, 9.17) is 0 Å². The molecule has 0 radical (unpaired) electrons. The van der Waals surface area contributed by atoms with Crippen LogP contribution >= 0.6 is 0 Å². The lowest BCUT2D eigenvalue weighted by molar-refractivity contribution is 0.0943. The van der Waals surface area contributed by atoms with E-state index in [1.807, 2.05) is 25.1 Å². The van der Waals surface area contributed by atoms with Crippen molar-refractivity contribution in [1.29, 1.82) is 0 Å². The fourth-order valence-corrected chi connectivity index (χ4v) is 4.01. The molecule has 0 saturated carbocycles. The van der Waals surface area contributed by atoms with Crippen LogP contribution in [-0.4, -0.2) is 33.7 Å². The maximum Gasteiger partial charge on any atom is 0.271 e. The first-order valence-electron chi connectivity index (χ1n) is 10.9. The molecule has 3 aromatic rings. The number of aryl methyl sites for hydroxylation is 1. The number of hydrogen-bond donors (Lipinski definition) is 1. The van der Waals surface area contributed by atoms with Crippen LogP contribution in [0.5, 0.6) is 0 Å².